The minimum absolute atomic E-state index is 0.113. The number of aromatic nitrogens is 1. The van der Waals surface area contributed by atoms with Gasteiger partial charge in [-0.2, -0.15) is 0 Å². The molecule has 3 aromatic rings. The lowest BCUT2D eigenvalue weighted by molar-refractivity contribution is 0.0989. The van der Waals surface area contributed by atoms with Gasteiger partial charge in [-0.1, -0.05) is 18.2 Å². The Morgan fingerprint density at radius 1 is 1.14 bits per heavy atom. The molecule has 35 heavy (non-hydrogen) atoms. The highest BCUT2D eigenvalue weighted by Crippen LogP contribution is 2.40. The molecule has 0 fully saturated rings. The van der Waals surface area contributed by atoms with Gasteiger partial charge < -0.3 is 19.7 Å². The smallest absolute Gasteiger partial charge is 0.287 e. The molecule has 0 saturated heterocycles. The quantitative estimate of drug-likeness (QED) is 0.444. The Morgan fingerprint density at radius 3 is 2.80 bits per heavy atom. The summed E-state index contributed by atoms with van der Waals surface area (Å²) in [5, 5.41) is 3.60. The normalized spacial score (nSPS) is 14.7. The lowest BCUT2D eigenvalue weighted by Gasteiger charge is -2.20. The summed E-state index contributed by atoms with van der Waals surface area (Å²) >= 11 is 1.35. The highest BCUT2D eigenvalue weighted by atomic mass is 32.2. The first-order valence-electron chi connectivity index (χ1n) is 11.3. The number of benzene rings is 2. The van der Waals surface area contributed by atoms with Crippen LogP contribution in [0.4, 0.5) is 5.69 Å². The average molecular weight is 515 g/mol. The molecule has 0 radical (unpaired) electrons. The Morgan fingerprint density at radius 2 is 1.97 bits per heavy atom. The predicted molar refractivity (Wildman–Crippen MR) is 135 cm³/mol. The van der Waals surface area contributed by atoms with Crippen molar-refractivity contribution in [1.29, 1.82) is 0 Å². The summed E-state index contributed by atoms with van der Waals surface area (Å²) in [5.41, 5.74) is 4.16. The molecule has 2 aliphatic rings. The van der Waals surface area contributed by atoms with Crippen molar-refractivity contribution < 1.29 is 22.7 Å². The van der Waals surface area contributed by atoms with E-state index in [1.807, 2.05) is 30.3 Å². The number of amides is 1. The van der Waals surface area contributed by atoms with Gasteiger partial charge in [-0.05, 0) is 41.3 Å². The van der Waals surface area contributed by atoms with E-state index in [1.165, 1.54) is 11.3 Å². The maximum atomic E-state index is 13.3. The number of nitrogens with zero attached hydrogens (tertiary/aromatic N) is 2. The molecular weight excluding hydrogens is 488 g/mol. The molecule has 0 aliphatic carbocycles. The number of carbonyl (C=O) groups is 1. The first-order chi connectivity index (χ1) is 16.9. The van der Waals surface area contributed by atoms with Crippen LogP contribution in [-0.2, 0) is 23.0 Å². The number of anilines is 1. The zero-order valence-electron chi connectivity index (χ0n) is 19.2. The molecule has 0 atom stereocenters. The summed E-state index contributed by atoms with van der Waals surface area (Å²) in [5.74, 6) is 1.39. The fraction of sp³-hybridized carbons (Fsp3) is 0.333. The van der Waals surface area contributed by atoms with Gasteiger partial charge in [0.2, 0.25) is 10.0 Å². The highest BCUT2D eigenvalue weighted by molar-refractivity contribution is 7.88. The number of hydrogen-bond donors (Lipinski definition) is 2. The predicted octanol–water partition coefficient (Wildman–Crippen LogP) is 2.42. The van der Waals surface area contributed by atoms with Crippen molar-refractivity contribution in [3.8, 4) is 22.6 Å². The third-order valence-electron chi connectivity index (χ3n) is 5.83. The fourth-order valence-electron chi connectivity index (χ4n) is 4.27. The van der Waals surface area contributed by atoms with Crippen molar-refractivity contribution in [1.82, 2.24) is 15.0 Å². The van der Waals surface area contributed by atoms with Crippen LogP contribution in [0.15, 0.2) is 42.6 Å². The molecule has 0 saturated carbocycles. The van der Waals surface area contributed by atoms with Gasteiger partial charge in [-0.15, -0.1) is 11.3 Å². The fourth-order valence-corrected chi connectivity index (χ4v) is 5.57. The van der Waals surface area contributed by atoms with Crippen LogP contribution in [-0.4, -0.2) is 58.4 Å². The van der Waals surface area contributed by atoms with Crippen molar-refractivity contribution in [2.45, 2.75) is 13.0 Å². The van der Waals surface area contributed by atoms with Gasteiger partial charge in [-0.3, -0.25) is 4.79 Å². The van der Waals surface area contributed by atoms with E-state index in [0.717, 1.165) is 51.4 Å². The molecule has 2 aliphatic heterocycles. The summed E-state index contributed by atoms with van der Waals surface area (Å²) in [6.07, 6.45) is 3.58. The molecule has 2 aromatic carbocycles. The number of carbonyl (C=O) groups excluding carboxylic acids is 1. The molecule has 1 amide bonds. The van der Waals surface area contributed by atoms with Crippen LogP contribution >= 0.6 is 11.3 Å². The molecule has 0 unspecified atom stereocenters. The zero-order valence-corrected chi connectivity index (χ0v) is 20.9. The topological polar surface area (TPSA) is 110 Å². The Labute approximate surface area is 208 Å². The largest absolute Gasteiger partial charge is 0.486 e. The second-order valence-corrected chi connectivity index (χ2v) is 11.3. The van der Waals surface area contributed by atoms with E-state index in [9.17, 15) is 13.2 Å². The molecule has 0 bridgehead atoms. The maximum Gasteiger partial charge on any atom is 0.287 e. The van der Waals surface area contributed by atoms with Gasteiger partial charge >= 0.3 is 0 Å². The van der Waals surface area contributed by atoms with E-state index in [1.54, 1.807) is 11.1 Å². The van der Waals surface area contributed by atoms with E-state index in [0.29, 0.717) is 44.4 Å². The number of nitrogens with one attached hydrogen (secondary N) is 2. The molecule has 9 nitrogen and oxygen atoms in total. The minimum atomic E-state index is -3.20. The number of rotatable bonds is 8. The van der Waals surface area contributed by atoms with Crippen LogP contribution in [0.3, 0.4) is 0 Å². The van der Waals surface area contributed by atoms with E-state index in [-0.39, 0.29) is 5.91 Å². The van der Waals surface area contributed by atoms with Crippen LogP contribution < -0.4 is 24.4 Å². The Balaban J connectivity index is 1.28. The van der Waals surface area contributed by atoms with Gasteiger partial charge in [0.25, 0.3) is 5.91 Å². The van der Waals surface area contributed by atoms with Gasteiger partial charge in [-0.25, -0.2) is 18.1 Å². The van der Waals surface area contributed by atoms with Crippen molar-refractivity contribution in [2.24, 2.45) is 0 Å². The molecule has 11 heteroatoms. The Hall–Kier alpha value is -2.99. The zero-order chi connectivity index (χ0) is 24.4. The monoisotopic (exact) mass is 514 g/mol. The number of sulfonamides is 1. The molecule has 2 N–H and O–H groups in total. The number of hydrogen-bond acceptors (Lipinski definition) is 8. The standard InChI is InChI=1S/C24H26N4O5S2/c1-35(30,31)27-9-8-25-14-17-15-26-23(34-17)24(29)28-10-7-19-18(3-2-4-20(19)28)16-5-6-21-22(13-16)33-12-11-32-21/h2-6,13,15,25,27H,7-12,14H2,1H3. The summed E-state index contributed by atoms with van der Waals surface area (Å²) in [6, 6.07) is 12.0. The SMILES string of the molecule is CS(=O)(=O)NCCNCc1cnc(C(=O)N2CCc3c(-c4ccc5c(c4)OCCO5)cccc32)s1. The Bertz CT molecular complexity index is 1360. The van der Waals surface area contributed by atoms with Crippen molar-refractivity contribution >= 4 is 33.0 Å². The van der Waals surface area contributed by atoms with Gasteiger partial charge in [0.15, 0.2) is 16.5 Å². The van der Waals surface area contributed by atoms with Crippen LogP contribution in [0.5, 0.6) is 11.5 Å². The summed E-state index contributed by atoms with van der Waals surface area (Å²) in [4.78, 5) is 20.3. The third-order valence-corrected chi connectivity index (χ3v) is 7.54. The van der Waals surface area contributed by atoms with Crippen molar-refractivity contribution in [3.63, 3.8) is 0 Å². The van der Waals surface area contributed by atoms with E-state index < -0.39 is 10.0 Å². The number of ether oxygens (including phenoxy) is 2. The molecule has 184 valence electrons. The number of thiazole rings is 1. The maximum absolute atomic E-state index is 13.3. The third kappa shape index (κ3) is 5.32. The molecule has 3 heterocycles. The van der Waals surface area contributed by atoms with Crippen LogP contribution in [0.25, 0.3) is 11.1 Å². The van der Waals surface area contributed by atoms with Gasteiger partial charge in [0, 0.05) is 42.9 Å². The van der Waals surface area contributed by atoms with Crippen LogP contribution in [0.2, 0.25) is 0 Å². The van der Waals surface area contributed by atoms with E-state index in [4.69, 9.17) is 9.47 Å². The second kappa shape index (κ2) is 9.94. The first kappa shape index (κ1) is 23.7. The Kier molecular flexibility index (Phi) is 6.74. The molecule has 5 rings (SSSR count). The summed E-state index contributed by atoms with van der Waals surface area (Å²) < 4.78 is 36.1. The van der Waals surface area contributed by atoms with Gasteiger partial charge in [0.05, 0.1) is 6.26 Å². The summed E-state index contributed by atoms with van der Waals surface area (Å²) in [6.45, 7) is 2.99. The van der Waals surface area contributed by atoms with Gasteiger partial charge in [0.1, 0.15) is 13.2 Å². The summed E-state index contributed by atoms with van der Waals surface area (Å²) in [7, 11) is -3.20. The lowest BCUT2D eigenvalue weighted by Crippen LogP contribution is -2.30. The minimum Gasteiger partial charge on any atom is -0.486 e. The van der Waals surface area contributed by atoms with E-state index >= 15 is 0 Å². The highest BCUT2D eigenvalue weighted by Gasteiger charge is 2.29. The molecule has 1 aromatic heterocycles. The lowest BCUT2D eigenvalue weighted by atomic mass is 9.97. The second-order valence-electron chi connectivity index (χ2n) is 8.34. The molecular formula is C24H26N4O5S2. The van der Waals surface area contributed by atoms with Crippen molar-refractivity contribution in [3.05, 3.63) is 58.0 Å². The first-order valence-corrected chi connectivity index (χ1v) is 14.0. The van der Waals surface area contributed by atoms with Crippen molar-refractivity contribution in [2.75, 3.05) is 44.0 Å². The number of fused-ring (bicyclic) bond motifs is 2. The van der Waals surface area contributed by atoms with Crippen LogP contribution in [0, 0.1) is 0 Å². The van der Waals surface area contributed by atoms with Crippen LogP contribution in [0.1, 0.15) is 20.2 Å². The van der Waals surface area contributed by atoms with E-state index in [2.05, 4.69) is 21.1 Å². The average Bonchev–Trinajstić information content (AvgIpc) is 3.50. The molecule has 0 spiro atoms.